The number of aromatic hydroxyl groups is 1. The van der Waals surface area contributed by atoms with Crippen LogP contribution in [0.5, 0.6) is 11.5 Å². The van der Waals surface area contributed by atoms with Crippen LogP contribution < -0.4 is 4.74 Å². The molecule has 0 amide bonds. The lowest BCUT2D eigenvalue weighted by molar-refractivity contribution is 0.413. The summed E-state index contributed by atoms with van der Waals surface area (Å²) in [6.07, 6.45) is 0.536. The number of phenols is 1. The fourth-order valence-electron chi connectivity index (χ4n) is 2.05. The van der Waals surface area contributed by atoms with Crippen molar-refractivity contribution in [1.82, 2.24) is 10.1 Å². The molecule has 3 aromatic rings. The normalized spacial score (nSPS) is 10.5. The Bertz CT molecular complexity index is 753. The number of nitrogens with zero attached hydrogens (tertiary/aromatic N) is 2. The molecule has 0 unspecified atom stereocenters. The van der Waals surface area contributed by atoms with Gasteiger partial charge in [-0.3, -0.25) is 0 Å². The molecule has 0 aliphatic carbocycles. The third kappa shape index (κ3) is 2.86. The summed E-state index contributed by atoms with van der Waals surface area (Å²) < 4.78 is 10.4. The topological polar surface area (TPSA) is 68.4 Å². The molecular weight excluding hydrogens is 268 g/mol. The molecular formula is C16H14N2O3. The van der Waals surface area contributed by atoms with Crippen molar-refractivity contribution in [3.63, 3.8) is 0 Å². The quantitative estimate of drug-likeness (QED) is 0.796. The number of hydrogen-bond donors (Lipinski definition) is 1. The number of benzene rings is 2. The first-order chi connectivity index (χ1) is 10.3. The van der Waals surface area contributed by atoms with Crippen LogP contribution in [0.1, 0.15) is 11.4 Å². The molecule has 0 bridgehead atoms. The van der Waals surface area contributed by atoms with E-state index in [0.29, 0.717) is 23.7 Å². The van der Waals surface area contributed by atoms with Gasteiger partial charge in [0.25, 0.3) is 5.89 Å². The number of methoxy groups -OCH3 is 1. The molecule has 1 heterocycles. The molecule has 0 spiro atoms. The highest BCUT2D eigenvalue weighted by Gasteiger charge is 2.12. The third-order valence-corrected chi connectivity index (χ3v) is 3.10. The van der Waals surface area contributed by atoms with Crippen molar-refractivity contribution in [2.75, 3.05) is 7.11 Å². The van der Waals surface area contributed by atoms with E-state index < -0.39 is 0 Å². The maximum Gasteiger partial charge on any atom is 0.261 e. The van der Waals surface area contributed by atoms with Gasteiger partial charge in [0, 0.05) is 6.42 Å². The van der Waals surface area contributed by atoms with Crippen LogP contribution in [0.15, 0.2) is 53.1 Å². The van der Waals surface area contributed by atoms with E-state index in [1.807, 2.05) is 24.3 Å². The first-order valence-electron chi connectivity index (χ1n) is 6.50. The zero-order chi connectivity index (χ0) is 14.7. The van der Waals surface area contributed by atoms with Crippen molar-refractivity contribution >= 4 is 0 Å². The largest absolute Gasteiger partial charge is 0.507 e. The summed E-state index contributed by atoms with van der Waals surface area (Å²) in [6.45, 7) is 0. The summed E-state index contributed by atoms with van der Waals surface area (Å²) in [4.78, 5) is 4.31. The summed E-state index contributed by atoms with van der Waals surface area (Å²) in [5, 5.41) is 13.7. The SMILES string of the molecule is COc1cccc(Cc2noc(-c3ccccc3O)n2)c1. The molecule has 106 valence electrons. The van der Waals surface area contributed by atoms with E-state index in [4.69, 9.17) is 9.26 Å². The number of phenolic OH excluding ortho intramolecular Hbond substituents is 1. The summed E-state index contributed by atoms with van der Waals surface area (Å²) in [7, 11) is 1.63. The summed E-state index contributed by atoms with van der Waals surface area (Å²) in [5.41, 5.74) is 1.56. The Morgan fingerprint density at radius 3 is 2.81 bits per heavy atom. The van der Waals surface area contributed by atoms with Gasteiger partial charge in [-0.15, -0.1) is 0 Å². The number of ether oxygens (including phenoxy) is 1. The molecule has 2 aromatic carbocycles. The highest BCUT2D eigenvalue weighted by atomic mass is 16.5. The minimum absolute atomic E-state index is 0.120. The van der Waals surface area contributed by atoms with Crippen molar-refractivity contribution in [3.8, 4) is 23.0 Å². The minimum atomic E-state index is 0.120. The van der Waals surface area contributed by atoms with Crippen molar-refractivity contribution in [2.45, 2.75) is 6.42 Å². The van der Waals surface area contributed by atoms with Gasteiger partial charge in [0.15, 0.2) is 5.82 Å². The maximum absolute atomic E-state index is 9.79. The van der Waals surface area contributed by atoms with E-state index in [1.54, 1.807) is 31.4 Å². The highest BCUT2D eigenvalue weighted by Crippen LogP contribution is 2.27. The zero-order valence-electron chi connectivity index (χ0n) is 11.5. The lowest BCUT2D eigenvalue weighted by Gasteiger charge is -2.01. The van der Waals surface area contributed by atoms with Gasteiger partial charge >= 0.3 is 0 Å². The molecule has 0 aliphatic rings. The standard InChI is InChI=1S/C16H14N2O3/c1-20-12-6-4-5-11(9-12)10-15-17-16(21-18-15)13-7-2-3-8-14(13)19/h2-9,19H,10H2,1H3. The molecule has 0 fully saturated rings. The van der Waals surface area contributed by atoms with Gasteiger partial charge in [-0.2, -0.15) is 4.98 Å². The smallest absolute Gasteiger partial charge is 0.261 e. The maximum atomic E-state index is 9.79. The van der Waals surface area contributed by atoms with Crippen LogP contribution in [-0.4, -0.2) is 22.4 Å². The Morgan fingerprint density at radius 1 is 1.14 bits per heavy atom. The molecule has 0 aliphatic heterocycles. The lowest BCUT2D eigenvalue weighted by atomic mass is 10.1. The second kappa shape index (κ2) is 5.66. The number of rotatable bonds is 4. The van der Waals surface area contributed by atoms with Crippen LogP contribution in [0.2, 0.25) is 0 Å². The van der Waals surface area contributed by atoms with Gasteiger partial charge in [0.1, 0.15) is 11.5 Å². The Labute approximate surface area is 121 Å². The molecule has 3 rings (SSSR count). The molecule has 5 nitrogen and oxygen atoms in total. The Kier molecular flexibility index (Phi) is 3.55. The van der Waals surface area contributed by atoms with Crippen LogP contribution in [0.3, 0.4) is 0 Å². The molecule has 0 radical (unpaired) electrons. The average molecular weight is 282 g/mol. The lowest BCUT2D eigenvalue weighted by Crippen LogP contribution is -1.92. The minimum Gasteiger partial charge on any atom is -0.507 e. The number of aromatic nitrogens is 2. The molecule has 5 heteroatoms. The monoisotopic (exact) mass is 282 g/mol. The molecule has 0 saturated heterocycles. The Morgan fingerprint density at radius 2 is 2.00 bits per heavy atom. The summed E-state index contributed by atoms with van der Waals surface area (Å²) in [6, 6.07) is 14.6. The third-order valence-electron chi connectivity index (χ3n) is 3.10. The Hall–Kier alpha value is -2.82. The van der Waals surface area contributed by atoms with Gasteiger partial charge in [0.2, 0.25) is 0 Å². The molecule has 1 N–H and O–H groups in total. The predicted molar refractivity (Wildman–Crippen MR) is 77.2 cm³/mol. The zero-order valence-corrected chi connectivity index (χ0v) is 11.5. The first kappa shape index (κ1) is 13.2. The van der Waals surface area contributed by atoms with Crippen LogP contribution in [0.4, 0.5) is 0 Å². The van der Waals surface area contributed by atoms with Crippen molar-refractivity contribution < 1.29 is 14.4 Å². The van der Waals surface area contributed by atoms with E-state index in [0.717, 1.165) is 11.3 Å². The van der Waals surface area contributed by atoms with Crippen molar-refractivity contribution in [2.24, 2.45) is 0 Å². The summed E-state index contributed by atoms with van der Waals surface area (Å²) >= 11 is 0. The van der Waals surface area contributed by atoms with Gasteiger partial charge in [-0.1, -0.05) is 29.4 Å². The molecule has 21 heavy (non-hydrogen) atoms. The van der Waals surface area contributed by atoms with E-state index in [2.05, 4.69) is 10.1 Å². The predicted octanol–water partition coefficient (Wildman–Crippen LogP) is 3.04. The van der Waals surface area contributed by atoms with E-state index in [1.165, 1.54) is 0 Å². The fraction of sp³-hybridized carbons (Fsp3) is 0.125. The van der Waals surface area contributed by atoms with Crippen LogP contribution in [0.25, 0.3) is 11.5 Å². The average Bonchev–Trinajstić information content (AvgIpc) is 2.96. The number of para-hydroxylation sites is 1. The fourth-order valence-corrected chi connectivity index (χ4v) is 2.05. The Balaban J connectivity index is 1.84. The second-order valence-electron chi connectivity index (χ2n) is 4.56. The van der Waals surface area contributed by atoms with Crippen LogP contribution >= 0.6 is 0 Å². The van der Waals surface area contributed by atoms with Crippen LogP contribution in [-0.2, 0) is 6.42 Å². The second-order valence-corrected chi connectivity index (χ2v) is 4.56. The van der Waals surface area contributed by atoms with E-state index in [9.17, 15) is 5.11 Å². The van der Waals surface area contributed by atoms with Gasteiger partial charge in [-0.25, -0.2) is 0 Å². The van der Waals surface area contributed by atoms with Gasteiger partial charge in [-0.05, 0) is 29.8 Å². The van der Waals surface area contributed by atoms with E-state index in [-0.39, 0.29) is 5.75 Å². The van der Waals surface area contributed by atoms with E-state index >= 15 is 0 Å². The first-order valence-corrected chi connectivity index (χ1v) is 6.50. The molecule has 1 aromatic heterocycles. The van der Waals surface area contributed by atoms with Crippen molar-refractivity contribution in [3.05, 3.63) is 59.9 Å². The molecule has 0 atom stereocenters. The van der Waals surface area contributed by atoms with Gasteiger partial charge < -0.3 is 14.4 Å². The van der Waals surface area contributed by atoms with Crippen LogP contribution in [0, 0.1) is 0 Å². The highest BCUT2D eigenvalue weighted by molar-refractivity contribution is 5.61. The molecule has 0 saturated carbocycles. The van der Waals surface area contributed by atoms with Gasteiger partial charge in [0.05, 0.1) is 12.7 Å². The summed E-state index contributed by atoms with van der Waals surface area (Å²) in [5.74, 6) is 1.78. The van der Waals surface area contributed by atoms with Crippen molar-refractivity contribution in [1.29, 1.82) is 0 Å². The number of hydrogen-bond acceptors (Lipinski definition) is 5.